The van der Waals surface area contributed by atoms with Crippen molar-refractivity contribution in [1.82, 2.24) is 0 Å². The summed E-state index contributed by atoms with van der Waals surface area (Å²) in [5, 5.41) is 0. The van der Waals surface area contributed by atoms with Crippen molar-refractivity contribution in [3.8, 4) is 0 Å². The van der Waals surface area contributed by atoms with Crippen molar-refractivity contribution >= 4 is 0 Å². The molecule has 6 saturated carbocycles. The van der Waals surface area contributed by atoms with E-state index in [1.807, 2.05) is 0 Å². The minimum Gasteiger partial charge on any atom is -0.359 e. The molecule has 6 heteroatoms. The van der Waals surface area contributed by atoms with E-state index in [0.717, 1.165) is 19.3 Å². The summed E-state index contributed by atoms with van der Waals surface area (Å²) in [6.45, 7) is 1.84. The lowest BCUT2D eigenvalue weighted by atomic mass is 9.38. The molecular weight excluding hydrogens is 336 g/mol. The van der Waals surface area contributed by atoms with Crippen LogP contribution in [0.15, 0.2) is 0 Å². The van der Waals surface area contributed by atoms with Gasteiger partial charge in [0.2, 0.25) is 0 Å². The molecule has 0 aromatic heterocycles. The monoisotopic (exact) mass is 364 g/mol. The second kappa shape index (κ2) is 5.12. The SMILES string of the molecule is COCOC12CCC(C34CCC(C)(CC3)CC4)(CC1)C(F)(F)C2(F)F. The quantitative estimate of drug-likeness (QED) is 0.481. The lowest BCUT2D eigenvalue weighted by Gasteiger charge is -2.69. The molecule has 0 spiro atoms. The first-order valence-corrected chi connectivity index (χ1v) is 9.48. The van der Waals surface area contributed by atoms with Crippen LogP contribution in [0.1, 0.15) is 71.1 Å². The van der Waals surface area contributed by atoms with Crippen LogP contribution in [-0.2, 0) is 9.47 Å². The van der Waals surface area contributed by atoms with Gasteiger partial charge in [-0.05, 0) is 75.0 Å². The second-order valence-corrected chi connectivity index (χ2v) is 9.37. The molecule has 0 aromatic rings. The summed E-state index contributed by atoms with van der Waals surface area (Å²) in [5.41, 5.74) is -4.07. The molecule has 0 saturated heterocycles. The van der Waals surface area contributed by atoms with Gasteiger partial charge in [-0.15, -0.1) is 0 Å². The summed E-state index contributed by atoms with van der Waals surface area (Å²) in [4.78, 5) is 0. The normalized spacial score (nSPS) is 50.2. The summed E-state index contributed by atoms with van der Waals surface area (Å²) in [6.07, 6.45) is 4.94. The fourth-order valence-corrected chi connectivity index (χ4v) is 6.66. The minimum atomic E-state index is -4.15. The Bertz CT molecular complexity index is 527. The summed E-state index contributed by atoms with van der Waals surface area (Å²) in [5.74, 6) is -8.18. The summed E-state index contributed by atoms with van der Waals surface area (Å²) in [6, 6.07) is 0. The highest BCUT2D eigenvalue weighted by Crippen LogP contribution is 2.77. The van der Waals surface area contributed by atoms with Crippen LogP contribution in [0.25, 0.3) is 0 Å². The van der Waals surface area contributed by atoms with E-state index < -0.39 is 28.3 Å². The van der Waals surface area contributed by atoms with Crippen LogP contribution >= 0.6 is 0 Å². The van der Waals surface area contributed by atoms with Crippen LogP contribution < -0.4 is 0 Å². The third-order valence-corrected chi connectivity index (χ3v) is 8.57. The van der Waals surface area contributed by atoms with Gasteiger partial charge in [0.1, 0.15) is 12.4 Å². The standard InChI is InChI=1S/C19H28F4O2/c1-14-3-6-15(7-4-14,8-5-14)16-9-11-17(12-10-16,25-13-24-2)19(22,23)18(16,20)21/h3-13H2,1-2H3. The van der Waals surface area contributed by atoms with Crippen molar-refractivity contribution in [3.05, 3.63) is 0 Å². The molecule has 0 amide bonds. The van der Waals surface area contributed by atoms with E-state index in [1.165, 1.54) is 7.11 Å². The summed E-state index contributed by atoms with van der Waals surface area (Å²) < 4.78 is 71.1. The van der Waals surface area contributed by atoms with Crippen LogP contribution in [0.5, 0.6) is 0 Å². The molecule has 0 radical (unpaired) electrons. The first kappa shape index (κ1) is 18.0. The molecule has 144 valence electrons. The number of alkyl halides is 4. The largest absolute Gasteiger partial charge is 0.359 e. The highest BCUT2D eigenvalue weighted by Gasteiger charge is 2.85. The Morgan fingerprint density at radius 1 is 0.720 bits per heavy atom. The smallest absolute Gasteiger partial charge is 0.339 e. The van der Waals surface area contributed by atoms with Gasteiger partial charge < -0.3 is 9.47 Å². The molecule has 6 rings (SSSR count). The number of methoxy groups -OCH3 is 1. The molecule has 0 heterocycles. The summed E-state index contributed by atoms with van der Waals surface area (Å²) >= 11 is 0. The number of rotatable bonds is 4. The van der Waals surface area contributed by atoms with E-state index in [1.54, 1.807) is 0 Å². The molecule has 6 aliphatic carbocycles. The number of halogens is 4. The maximum atomic E-state index is 15.5. The average molecular weight is 364 g/mol. The zero-order valence-electron chi connectivity index (χ0n) is 15.1. The summed E-state index contributed by atoms with van der Waals surface area (Å²) in [7, 11) is 1.32. The van der Waals surface area contributed by atoms with Crippen LogP contribution in [-0.4, -0.2) is 31.3 Å². The van der Waals surface area contributed by atoms with E-state index in [4.69, 9.17) is 9.47 Å². The van der Waals surface area contributed by atoms with E-state index in [2.05, 4.69) is 6.92 Å². The molecule has 6 aliphatic rings. The Kier molecular flexibility index (Phi) is 3.69. The van der Waals surface area contributed by atoms with Crippen LogP contribution in [0.4, 0.5) is 17.6 Å². The lowest BCUT2D eigenvalue weighted by molar-refractivity contribution is -0.420. The Balaban J connectivity index is 1.73. The predicted octanol–water partition coefficient (Wildman–Crippen LogP) is 5.55. The first-order chi connectivity index (χ1) is 11.6. The van der Waals surface area contributed by atoms with Crippen molar-refractivity contribution in [1.29, 1.82) is 0 Å². The maximum Gasteiger partial charge on any atom is 0.339 e. The molecule has 0 aliphatic heterocycles. The van der Waals surface area contributed by atoms with Gasteiger partial charge >= 0.3 is 11.8 Å². The van der Waals surface area contributed by atoms with Gasteiger partial charge in [-0.25, -0.2) is 0 Å². The molecule has 0 atom stereocenters. The van der Waals surface area contributed by atoms with Crippen molar-refractivity contribution in [2.24, 2.45) is 16.2 Å². The second-order valence-electron chi connectivity index (χ2n) is 9.37. The van der Waals surface area contributed by atoms with E-state index in [-0.39, 0.29) is 37.9 Å². The fourth-order valence-electron chi connectivity index (χ4n) is 6.66. The molecule has 0 N–H and O–H groups in total. The molecule has 0 aromatic carbocycles. The molecule has 6 fully saturated rings. The number of hydrogen-bond donors (Lipinski definition) is 0. The Hall–Kier alpha value is -0.360. The van der Waals surface area contributed by atoms with Crippen molar-refractivity contribution in [3.63, 3.8) is 0 Å². The van der Waals surface area contributed by atoms with E-state index >= 15 is 17.6 Å². The first-order valence-electron chi connectivity index (χ1n) is 9.48. The Morgan fingerprint density at radius 3 is 1.72 bits per heavy atom. The van der Waals surface area contributed by atoms with Gasteiger partial charge in [-0.3, -0.25) is 0 Å². The zero-order chi connectivity index (χ0) is 18.2. The van der Waals surface area contributed by atoms with Gasteiger partial charge in [0, 0.05) is 12.5 Å². The van der Waals surface area contributed by atoms with Crippen LogP contribution in [0, 0.1) is 16.2 Å². The zero-order valence-corrected chi connectivity index (χ0v) is 15.1. The topological polar surface area (TPSA) is 18.5 Å². The molecule has 4 bridgehead atoms. The molecule has 2 nitrogen and oxygen atoms in total. The number of fused-ring (bicyclic) bond motifs is 6. The van der Waals surface area contributed by atoms with Crippen molar-refractivity contribution in [2.75, 3.05) is 13.9 Å². The molecule has 0 unspecified atom stereocenters. The van der Waals surface area contributed by atoms with Gasteiger partial charge in [0.05, 0.1) is 0 Å². The fraction of sp³-hybridized carbons (Fsp3) is 1.00. The van der Waals surface area contributed by atoms with Crippen molar-refractivity contribution in [2.45, 2.75) is 88.6 Å². The third kappa shape index (κ3) is 1.93. The number of hydrogen-bond acceptors (Lipinski definition) is 2. The molecule has 25 heavy (non-hydrogen) atoms. The van der Waals surface area contributed by atoms with Gasteiger partial charge in [-0.1, -0.05) is 6.92 Å². The van der Waals surface area contributed by atoms with Crippen molar-refractivity contribution < 1.29 is 27.0 Å². The predicted molar refractivity (Wildman–Crippen MR) is 84.7 cm³/mol. The third-order valence-electron chi connectivity index (χ3n) is 8.57. The van der Waals surface area contributed by atoms with Crippen LogP contribution in [0.3, 0.4) is 0 Å². The van der Waals surface area contributed by atoms with Crippen LogP contribution in [0.2, 0.25) is 0 Å². The van der Waals surface area contributed by atoms with Gasteiger partial charge in [-0.2, -0.15) is 17.6 Å². The number of ether oxygens (including phenoxy) is 2. The lowest BCUT2D eigenvalue weighted by Crippen LogP contribution is -2.77. The van der Waals surface area contributed by atoms with E-state index in [0.29, 0.717) is 19.3 Å². The Morgan fingerprint density at radius 2 is 1.24 bits per heavy atom. The van der Waals surface area contributed by atoms with Gasteiger partial charge in [0.15, 0.2) is 0 Å². The highest BCUT2D eigenvalue weighted by molar-refractivity contribution is 5.25. The Labute approximate surface area is 146 Å². The highest BCUT2D eigenvalue weighted by atomic mass is 19.3. The molecular formula is C19H28F4O2. The minimum absolute atomic E-state index is 0.00202. The average Bonchev–Trinajstić information content (AvgIpc) is 2.59. The maximum absolute atomic E-state index is 15.5. The van der Waals surface area contributed by atoms with Gasteiger partial charge in [0.25, 0.3) is 0 Å². The van der Waals surface area contributed by atoms with E-state index in [9.17, 15) is 0 Å².